The molecular weight excluding hydrogens is 779 g/mol. The molecule has 0 saturated carbocycles. The maximum absolute atomic E-state index is 14.9. The summed E-state index contributed by atoms with van der Waals surface area (Å²) in [6, 6.07) is 18.8. The molecule has 314 valence electrons. The molecule has 17 heteroatoms. The molecule has 1 aliphatic rings. The van der Waals surface area contributed by atoms with Crippen LogP contribution in [0.1, 0.15) is 52.9 Å². The quantitative estimate of drug-likeness (QED) is 0.116. The number of anilines is 1. The van der Waals surface area contributed by atoms with E-state index in [0.29, 0.717) is 39.7 Å². The zero-order valence-electron chi connectivity index (χ0n) is 33.5. The maximum atomic E-state index is 14.9. The number of benzene rings is 3. The molecule has 6 rings (SSSR count). The molecule has 15 nitrogen and oxygen atoms in total. The molecule has 0 radical (unpaired) electrons. The van der Waals surface area contributed by atoms with E-state index in [1.54, 1.807) is 68.1 Å². The van der Waals surface area contributed by atoms with Crippen molar-refractivity contribution in [2.24, 2.45) is 0 Å². The van der Waals surface area contributed by atoms with Crippen LogP contribution in [0.4, 0.5) is 19.3 Å². The second-order valence-electron chi connectivity index (χ2n) is 15.0. The summed E-state index contributed by atoms with van der Waals surface area (Å²) >= 11 is 0. The van der Waals surface area contributed by atoms with Crippen molar-refractivity contribution in [2.45, 2.75) is 32.8 Å². The number of nitrogens with zero attached hydrogens (tertiary/aromatic N) is 4. The lowest BCUT2D eigenvalue weighted by Crippen LogP contribution is -2.52. The van der Waals surface area contributed by atoms with Crippen molar-refractivity contribution < 1.29 is 37.4 Å². The monoisotopic (exact) mass is 824 g/mol. The molecule has 1 saturated heterocycles. The zero-order valence-corrected chi connectivity index (χ0v) is 33.5. The normalized spacial score (nSPS) is 12.9. The van der Waals surface area contributed by atoms with Crippen LogP contribution in [0.3, 0.4) is 0 Å². The number of ether oxygens (including phenoxy) is 2. The Hall–Kier alpha value is -6.59. The van der Waals surface area contributed by atoms with Gasteiger partial charge < -0.3 is 29.9 Å². The van der Waals surface area contributed by atoms with E-state index in [2.05, 4.69) is 31.1 Å². The van der Waals surface area contributed by atoms with Crippen molar-refractivity contribution in [1.82, 2.24) is 35.6 Å². The largest absolute Gasteiger partial charge is 0.444 e. The van der Waals surface area contributed by atoms with Gasteiger partial charge in [0.05, 0.1) is 42.1 Å². The van der Waals surface area contributed by atoms with Crippen LogP contribution in [0.5, 0.6) is 0 Å². The minimum Gasteiger partial charge on any atom is -0.444 e. The van der Waals surface area contributed by atoms with E-state index >= 15 is 0 Å². The van der Waals surface area contributed by atoms with Gasteiger partial charge in [0, 0.05) is 62.8 Å². The number of H-pyrrole nitrogens is 1. The Kier molecular flexibility index (Phi) is 13.9. The first kappa shape index (κ1) is 43.0. The fraction of sp³-hybridized carbons (Fsp3) is 0.326. The predicted octanol–water partition coefficient (Wildman–Crippen LogP) is 4.52. The first-order valence-corrected chi connectivity index (χ1v) is 19.4. The number of carbonyl (C=O) groups excluding carboxylic acids is 4. The average Bonchev–Trinajstić information content (AvgIpc) is 3.22. The van der Waals surface area contributed by atoms with Crippen molar-refractivity contribution in [3.05, 3.63) is 123 Å². The van der Waals surface area contributed by atoms with Gasteiger partial charge in [-0.3, -0.25) is 24.5 Å². The van der Waals surface area contributed by atoms with Crippen molar-refractivity contribution in [2.75, 3.05) is 64.3 Å². The lowest BCUT2D eigenvalue weighted by Gasteiger charge is -2.35. The lowest BCUT2D eigenvalue weighted by atomic mass is 10.0. The van der Waals surface area contributed by atoms with Gasteiger partial charge in [-0.25, -0.2) is 23.7 Å². The number of amides is 4. The molecule has 3 heterocycles. The Morgan fingerprint density at radius 2 is 1.58 bits per heavy atom. The lowest BCUT2D eigenvalue weighted by molar-refractivity contribution is -0.131. The molecule has 3 aromatic carbocycles. The van der Waals surface area contributed by atoms with Crippen molar-refractivity contribution in [1.29, 1.82) is 0 Å². The van der Waals surface area contributed by atoms with Crippen LogP contribution in [-0.4, -0.2) is 113 Å². The molecular formula is C43H46F2N8O7. The second kappa shape index (κ2) is 19.4. The highest BCUT2D eigenvalue weighted by Gasteiger charge is 2.27. The molecule has 4 N–H and O–H groups in total. The molecule has 2 aromatic heterocycles. The summed E-state index contributed by atoms with van der Waals surface area (Å²) in [5, 5.41) is 16.2. The number of pyridine rings is 1. The van der Waals surface area contributed by atoms with Gasteiger partial charge in [0.2, 0.25) is 5.91 Å². The van der Waals surface area contributed by atoms with Crippen LogP contribution in [0.25, 0.3) is 21.9 Å². The summed E-state index contributed by atoms with van der Waals surface area (Å²) in [4.78, 5) is 71.5. The van der Waals surface area contributed by atoms with Gasteiger partial charge in [-0.15, -0.1) is 0 Å². The van der Waals surface area contributed by atoms with Crippen molar-refractivity contribution >= 4 is 40.3 Å². The van der Waals surface area contributed by atoms with Crippen molar-refractivity contribution in [3.8, 4) is 11.1 Å². The fourth-order valence-corrected chi connectivity index (χ4v) is 6.53. The minimum absolute atomic E-state index is 0.0445. The molecule has 1 aliphatic heterocycles. The van der Waals surface area contributed by atoms with Crippen LogP contribution in [0.2, 0.25) is 0 Å². The van der Waals surface area contributed by atoms with Gasteiger partial charge >= 0.3 is 6.09 Å². The molecule has 0 spiro atoms. The third kappa shape index (κ3) is 11.3. The number of carbonyl (C=O) groups is 4. The molecule has 5 aromatic rings. The SMILES string of the molecule is CC(C)(C)OC(=O)Nc1cc(-c2cccc(F)c2)cnc1C(=O)NCCOCCNCC(=O)N1CCN(C(=O)c2cc(Cc3n[nH]c(=O)c4ccccc34)ccc2F)CC1. The van der Waals surface area contributed by atoms with E-state index in [0.717, 1.165) is 0 Å². The van der Waals surface area contributed by atoms with E-state index in [4.69, 9.17) is 9.47 Å². The Morgan fingerprint density at radius 3 is 2.33 bits per heavy atom. The van der Waals surface area contributed by atoms with E-state index in [1.165, 1.54) is 41.4 Å². The molecule has 60 heavy (non-hydrogen) atoms. The van der Waals surface area contributed by atoms with Gasteiger partial charge in [-0.05, 0) is 68.3 Å². The zero-order chi connectivity index (χ0) is 42.8. The molecule has 4 amide bonds. The highest BCUT2D eigenvalue weighted by molar-refractivity contribution is 6.01. The summed E-state index contributed by atoms with van der Waals surface area (Å²) in [6.45, 7) is 7.07. The topological polar surface area (TPSA) is 188 Å². The smallest absolute Gasteiger partial charge is 0.412 e. The van der Waals surface area contributed by atoms with Crippen LogP contribution in [0, 0.1) is 11.6 Å². The molecule has 1 fully saturated rings. The van der Waals surface area contributed by atoms with Crippen LogP contribution >= 0.6 is 0 Å². The molecule has 0 unspecified atom stereocenters. The summed E-state index contributed by atoms with van der Waals surface area (Å²) in [7, 11) is 0. The summed E-state index contributed by atoms with van der Waals surface area (Å²) < 4.78 is 39.8. The Morgan fingerprint density at radius 1 is 0.850 bits per heavy atom. The number of fused-ring (bicyclic) bond motifs is 1. The predicted molar refractivity (Wildman–Crippen MR) is 220 cm³/mol. The third-order valence-corrected chi connectivity index (χ3v) is 9.46. The number of hydrogen-bond acceptors (Lipinski definition) is 10. The Balaban J connectivity index is 0.909. The van der Waals surface area contributed by atoms with Crippen LogP contribution in [0.15, 0.2) is 83.8 Å². The second-order valence-corrected chi connectivity index (χ2v) is 15.0. The number of nitrogens with one attached hydrogen (secondary N) is 4. The first-order chi connectivity index (χ1) is 28.8. The third-order valence-electron chi connectivity index (χ3n) is 9.46. The van der Waals surface area contributed by atoms with E-state index in [-0.39, 0.29) is 87.3 Å². The summed E-state index contributed by atoms with van der Waals surface area (Å²) in [6.07, 6.45) is 0.900. The summed E-state index contributed by atoms with van der Waals surface area (Å²) in [5.74, 6) is -2.30. The number of halogens is 2. The molecule has 0 bridgehead atoms. The van der Waals surface area contributed by atoms with E-state index in [1.807, 2.05) is 0 Å². The van der Waals surface area contributed by atoms with E-state index in [9.17, 15) is 32.8 Å². The van der Waals surface area contributed by atoms with Gasteiger partial charge in [-0.2, -0.15) is 5.10 Å². The number of piperazine rings is 1. The Labute approximate surface area is 344 Å². The standard InChI is InChI=1S/C43H46F2N8O7/c1-43(2,3)60-42(58)49-36-24-29(28-7-6-8-30(44)23-28)25-48-38(36)40(56)47-14-20-59-19-13-46-26-37(54)52-15-17-53(18-16-52)41(57)33-21-27(11-12-34(33)45)22-35-31-9-4-5-10-32(31)39(55)51-50-35/h4-12,21,23-25,46H,13-20,22,26H2,1-3H3,(H,47,56)(H,49,58)(H,51,55). The van der Waals surface area contributed by atoms with E-state index < -0.39 is 35.1 Å². The molecule has 0 aliphatic carbocycles. The maximum Gasteiger partial charge on any atom is 0.412 e. The molecule has 0 atom stereocenters. The number of aromatic amines is 1. The number of rotatable bonds is 14. The van der Waals surface area contributed by atoms with Gasteiger partial charge in [0.25, 0.3) is 17.4 Å². The fourth-order valence-electron chi connectivity index (χ4n) is 6.53. The van der Waals surface area contributed by atoms with Gasteiger partial charge in [0.1, 0.15) is 17.2 Å². The van der Waals surface area contributed by atoms with Gasteiger partial charge in [0.15, 0.2) is 5.69 Å². The van der Waals surface area contributed by atoms with Crippen molar-refractivity contribution in [3.63, 3.8) is 0 Å². The Bertz CT molecular complexity index is 2430. The first-order valence-electron chi connectivity index (χ1n) is 19.4. The summed E-state index contributed by atoms with van der Waals surface area (Å²) in [5.41, 5.74) is 1.07. The van der Waals surface area contributed by atoms with Gasteiger partial charge in [-0.1, -0.05) is 36.4 Å². The minimum atomic E-state index is -0.792. The van der Waals surface area contributed by atoms with Crippen LogP contribution in [-0.2, 0) is 20.7 Å². The number of aromatic nitrogens is 3. The highest BCUT2D eigenvalue weighted by Crippen LogP contribution is 2.26. The van der Waals surface area contributed by atoms with Crippen LogP contribution < -0.4 is 21.5 Å². The average molecular weight is 825 g/mol. The number of hydrogen-bond donors (Lipinski definition) is 4. The highest BCUT2D eigenvalue weighted by atomic mass is 19.1.